The second-order valence-corrected chi connectivity index (χ2v) is 6.63. The van der Waals surface area contributed by atoms with E-state index in [4.69, 9.17) is 4.74 Å². The number of likely N-dealkylation sites (tertiary alicyclic amines) is 1. The van der Waals surface area contributed by atoms with Crippen LogP contribution in [0.3, 0.4) is 0 Å². The second kappa shape index (κ2) is 7.64. The number of carbonyl (C=O) groups is 1. The van der Waals surface area contributed by atoms with Gasteiger partial charge in [-0.05, 0) is 59.0 Å². The summed E-state index contributed by atoms with van der Waals surface area (Å²) in [5.41, 5.74) is 1.80. The lowest BCUT2D eigenvalue weighted by Crippen LogP contribution is -2.35. The second-order valence-electron chi connectivity index (χ2n) is 5.77. The number of benzene rings is 2. The van der Waals surface area contributed by atoms with Gasteiger partial charge in [0.15, 0.2) is 0 Å². The molecule has 0 radical (unpaired) electrons. The van der Waals surface area contributed by atoms with Gasteiger partial charge >= 0.3 is 0 Å². The van der Waals surface area contributed by atoms with Gasteiger partial charge < -0.3 is 9.64 Å². The number of piperidine rings is 1. The number of hydrogen-bond acceptors (Lipinski definition) is 2. The zero-order valence-corrected chi connectivity index (χ0v) is 14.6. The van der Waals surface area contributed by atoms with Gasteiger partial charge in [-0.2, -0.15) is 0 Å². The highest BCUT2D eigenvalue weighted by atomic mass is 79.9. The number of ether oxygens (including phenoxy) is 1. The minimum absolute atomic E-state index is 0.0989. The van der Waals surface area contributed by atoms with Crippen molar-refractivity contribution >= 4 is 21.8 Å². The van der Waals surface area contributed by atoms with E-state index in [0.717, 1.165) is 36.0 Å². The van der Waals surface area contributed by atoms with Crippen molar-refractivity contribution in [2.45, 2.75) is 25.9 Å². The van der Waals surface area contributed by atoms with E-state index in [-0.39, 0.29) is 5.91 Å². The maximum atomic E-state index is 12.6. The summed E-state index contributed by atoms with van der Waals surface area (Å²) < 4.78 is 6.75. The first kappa shape index (κ1) is 16.1. The third kappa shape index (κ3) is 4.14. The Labute approximate surface area is 145 Å². The fraction of sp³-hybridized carbons (Fsp3) is 0.316. The van der Waals surface area contributed by atoms with Crippen molar-refractivity contribution in [2.24, 2.45) is 0 Å². The summed E-state index contributed by atoms with van der Waals surface area (Å²) in [5, 5.41) is 0. The van der Waals surface area contributed by atoms with Gasteiger partial charge in [0, 0.05) is 18.7 Å². The molecule has 0 saturated carbocycles. The minimum Gasteiger partial charge on any atom is -0.488 e. The van der Waals surface area contributed by atoms with Gasteiger partial charge in [-0.1, -0.05) is 30.3 Å². The molecular weight excluding hydrogens is 354 g/mol. The van der Waals surface area contributed by atoms with Gasteiger partial charge in [0.2, 0.25) is 0 Å². The fourth-order valence-corrected chi connectivity index (χ4v) is 3.12. The van der Waals surface area contributed by atoms with E-state index < -0.39 is 0 Å². The maximum Gasteiger partial charge on any atom is 0.253 e. The normalized spacial score (nSPS) is 14.6. The molecule has 1 amide bonds. The number of hydrogen-bond donors (Lipinski definition) is 0. The van der Waals surface area contributed by atoms with Gasteiger partial charge in [0.1, 0.15) is 12.4 Å². The van der Waals surface area contributed by atoms with Crippen molar-refractivity contribution < 1.29 is 9.53 Å². The van der Waals surface area contributed by atoms with E-state index in [1.807, 2.05) is 53.4 Å². The molecule has 3 nitrogen and oxygen atoms in total. The summed E-state index contributed by atoms with van der Waals surface area (Å²) in [6, 6.07) is 15.6. The van der Waals surface area contributed by atoms with E-state index in [9.17, 15) is 4.79 Å². The van der Waals surface area contributed by atoms with Crippen molar-refractivity contribution in [3.63, 3.8) is 0 Å². The van der Waals surface area contributed by atoms with E-state index >= 15 is 0 Å². The lowest BCUT2D eigenvalue weighted by Gasteiger charge is -2.27. The Morgan fingerprint density at radius 2 is 1.78 bits per heavy atom. The Morgan fingerprint density at radius 1 is 1.04 bits per heavy atom. The summed E-state index contributed by atoms with van der Waals surface area (Å²) in [6.07, 6.45) is 3.41. The monoisotopic (exact) mass is 373 g/mol. The van der Waals surface area contributed by atoms with E-state index in [1.54, 1.807) is 0 Å². The maximum absolute atomic E-state index is 12.6. The number of rotatable bonds is 4. The number of amides is 1. The zero-order chi connectivity index (χ0) is 16.1. The van der Waals surface area contributed by atoms with E-state index in [2.05, 4.69) is 15.9 Å². The lowest BCUT2D eigenvalue weighted by molar-refractivity contribution is 0.0724. The summed E-state index contributed by atoms with van der Waals surface area (Å²) in [5.74, 6) is 0.804. The Balaban J connectivity index is 1.72. The number of carbonyl (C=O) groups excluding carboxylic acids is 1. The Morgan fingerprint density at radius 3 is 2.52 bits per heavy atom. The topological polar surface area (TPSA) is 29.5 Å². The zero-order valence-electron chi connectivity index (χ0n) is 13.0. The molecule has 0 atom stereocenters. The molecule has 0 aliphatic carbocycles. The molecule has 23 heavy (non-hydrogen) atoms. The molecule has 120 valence electrons. The average molecular weight is 374 g/mol. The average Bonchev–Trinajstić information content (AvgIpc) is 2.62. The summed E-state index contributed by atoms with van der Waals surface area (Å²) in [4.78, 5) is 14.5. The number of halogens is 1. The van der Waals surface area contributed by atoms with Crippen molar-refractivity contribution in [3.05, 3.63) is 64.1 Å². The van der Waals surface area contributed by atoms with Crippen molar-refractivity contribution in [1.82, 2.24) is 4.90 Å². The molecule has 1 fully saturated rings. The molecule has 1 aliphatic heterocycles. The van der Waals surface area contributed by atoms with Crippen LogP contribution in [0.4, 0.5) is 0 Å². The summed E-state index contributed by atoms with van der Waals surface area (Å²) in [6.45, 7) is 2.20. The van der Waals surface area contributed by atoms with Gasteiger partial charge in [0.25, 0.3) is 5.91 Å². The molecular formula is C19H20BrNO2. The van der Waals surface area contributed by atoms with Gasteiger partial charge in [-0.15, -0.1) is 0 Å². The first-order valence-corrected chi connectivity index (χ1v) is 8.79. The van der Waals surface area contributed by atoms with Gasteiger partial charge in [0.05, 0.1) is 4.47 Å². The molecule has 4 heteroatoms. The predicted octanol–water partition coefficient (Wildman–Crippen LogP) is 4.65. The molecule has 3 rings (SSSR count). The minimum atomic E-state index is 0.0989. The van der Waals surface area contributed by atoms with Gasteiger partial charge in [-0.3, -0.25) is 4.79 Å². The van der Waals surface area contributed by atoms with E-state index in [0.29, 0.717) is 17.9 Å². The van der Waals surface area contributed by atoms with E-state index in [1.165, 1.54) is 6.42 Å². The van der Waals surface area contributed by atoms with Crippen LogP contribution in [-0.4, -0.2) is 23.9 Å². The van der Waals surface area contributed by atoms with Crippen molar-refractivity contribution in [3.8, 4) is 5.75 Å². The molecule has 0 unspecified atom stereocenters. The first-order valence-electron chi connectivity index (χ1n) is 7.99. The smallest absolute Gasteiger partial charge is 0.253 e. The Bertz CT molecular complexity index is 666. The number of nitrogens with zero attached hydrogens (tertiary/aromatic N) is 1. The van der Waals surface area contributed by atoms with Crippen LogP contribution in [0.25, 0.3) is 0 Å². The largest absolute Gasteiger partial charge is 0.488 e. The highest BCUT2D eigenvalue weighted by Crippen LogP contribution is 2.28. The van der Waals surface area contributed by atoms with Crippen LogP contribution in [0.1, 0.15) is 35.2 Å². The third-order valence-corrected chi connectivity index (χ3v) is 4.71. The molecule has 0 N–H and O–H groups in total. The highest BCUT2D eigenvalue weighted by Gasteiger charge is 2.19. The van der Waals surface area contributed by atoms with Crippen LogP contribution in [-0.2, 0) is 6.61 Å². The SMILES string of the molecule is O=C(c1ccc(Br)c(OCc2ccccc2)c1)N1CCCCC1. The van der Waals surface area contributed by atoms with Crippen LogP contribution in [0, 0.1) is 0 Å². The standard InChI is InChI=1S/C19H20BrNO2/c20-17-10-9-16(19(22)21-11-5-2-6-12-21)13-18(17)23-14-15-7-3-1-4-8-15/h1,3-4,7-10,13H,2,5-6,11-12,14H2. The molecule has 1 aliphatic rings. The van der Waals surface area contributed by atoms with Crippen LogP contribution in [0.15, 0.2) is 53.0 Å². The molecule has 0 aromatic heterocycles. The predicted molar refractivity (Wildman–Crippen MR) is 94.7 cm³/mol. The quantitative estimate of drug-likeness (QED) is 0.780. The van der Waals surface area contributed by atoms with Crippen molar-refractivity contribution in [2.75, 3.05) is 13.1 Å². The Kier molecular flexibility index (Phi) is 5.34. The molecule has 0 spiro atoms. The van der Waals surface area contributed by atoms with Crippen LogP contribution >= 0.6 is 15.9 Å². The first-order chi connectivity index (χ1) is 11.2. The molecule has 2 aromatic rings. The fourth-order valence-electron chi connectivity index (χ4n) is 2.76. The summed E-state index contributed by atoms with van der Waals surface area (Å²) in [7, 11) is 0. The molecule has 1 heterocycles. The van der Waals surface area contributed by atoms with Gasteiger partial charge in [-0.25, -0.2) is 0 Å². The Hall–Kier alpha value is -1.81. The molecule has 0 bridgehead atoms. The third-order valence-electron chi connectivity index (χ3n) is 4.06. The summed E-state index contributed by atoms with van der Waals surface area (Å²) >= 11 is 3.50. The lowest BCUT2D eigenvalue weighted by atomic mass is 10.1. The highest BCUT2D eigenvalue weighted by molar-refractivity contribution is 9.10. The molecule has 1 saturated heterocycles. The van der Waals surface area contributed by atoms with Crippen LogP contribution < -0.4 is 4.74 Å². The van der Waals surface area contributed by atoms with Crippen LogP contribution in [0.5, 0.6) is 5.75 Å². The van der Waals surface area contributed by atoms with Crippen LogP contribution in [0.2, 0.25) is 0 Å². The molecule has 2 aromatic carbocycles. The van der Waals surface area contributed by atoms with Crippen molar-refractivity contribution in [1.29, 1.82) is 0 Å².